The summed E-state index contributed by atoms with van der Waals surface area (Å²) in [6.07, 6.45) is 8.31. The smallest absolute Gasteiger partial charge is 0.0980 e. The van der Waals surface area contributed by atoms with E-state index < -0.39 is 0 Å². The van der Waals surface area contributed by atoms with Crippen LogP contribution >= 0.6 is 0 Å². The highest BCUT2D eigenvalue weighted by Crippen LogP contribution is 2.27. The van der Waals surface area contributed by atoms with Crippen molar-refractivity contribution in [3.8, 4) is 0 Å². The Labute approximate surface area is 104 Å². The SMILES string of the molecule is C=COC1CCC(OCC2COC2CC)CC1. The molecule has 0 aromatic heterocycles. The van der Waals surface area contributed by atoms with Crippen molar-refractivity contribution in [2.45, 2.75) is 57.3 Å². The fourth-order valence-corrected chi connectivity index (χ4v) is 2.71. The summed E-state index contributed by atoms with van der Waals surface area (Å²) < 4.78 is 16.9. The van der Waals surface area contributed by atoms with E-state index in [4.69, 9.17) is 14.2 Å². The Morgan fingerprint density at radius 2 is 1.94 bits per heavy atom. The predicted molar refractivity (Wildman–Crippen MR) is 66.8 cm³/mol. The van der Waals surface area contributed by atoms with Gasteiger partial charge in [0.2, 0.25) is 0 Å². The predicted octanol–water partition coefficient (Wildman–Crippen LogP) is 2.90. The molecule has 0 bridgehead atoms. The fraction of sp³-hybridized carbons (Fsp3) is 0.857. The van der Waals surface area contributed by atoms with Crippen molar-refractivity contribution in [2.75, 3.05) is 13.2 Å². The Morgan fingerprint density at radius 1 is 1.24 bits per heavy atom. The van der Waals surface area contributed by atoms with Gasteiger partial charge in [0.15, 0.2) is 0 Å². The van der Waals surface area contributed by atoms with E-state index in [2.05, 4.69) is 13.5 Å². The van der Waals surface area contributed by atoms with Crippen LogP contribution in [0, 0.1) is 5.92 Å². The Bertz CT molecular complexity index is 232. The number of hydrogen-bond acceptors (Lipinski definition) is 3. The molecule has 0 amide bonds. The first-order valence-electron chi connectivity index (χ1n) is 6.83. The first kappa shape index (κ1) is 12.9. The van der Waals surface area contributed by atoms with Gasteiger partial charge in [-0.15, -0.1) is 0 Å². The largest absolute Gasteiger partial charge is 0.499 e. The highest BCUT2D eigenvalue weighted by Gasteiger charge is 2.32. The number of rotatable bonds is 6. The molecule has 2 atom stereocenters. The van der Waals surface area contributed by atoms with Crippen LogP contribution in [-0.4, -0.2) is 31.5 Å². The van der Waals surface area contributed by atoms with Gasteiger partial charge in [0, 0.05) is 5.92 Å². The molecule has 3 heteroatoms. The third kappa shape index (κ3) is 3.46. The lowest BCUT2D eigenvalue weighted by Gasteiger charge is -2.37. The van der Waals surface area contributed by atoms with Crippen molar-refractivity contribution in [1.82, 2.24) is 0 Å². The summed E-state index contributed by atoms with van der Waals surface area (Å²) >= 11 is 0. The van der Waals surface area contributed by atoms with Crippen LogP contribution in [-0.2, 0) is 14.2 Å². The molecule has 0 spiro atoms. The summed E-state index contributed by atoms with van der Waals surface area (Å²) in [7, 11) is 0. The first-order chi connectivity index (χ1) is 8.33. The maximum atomic E-state index is 5.98. The molecule has 1 heterocycles. The molecule has 98 valence electrons. The number of hydrogen-bond donors (Lipinski definition) is 0. The average Bonchev–Trinajstić information content (AvgIpc) is 2.31. The van der Waals surface area contributed by atoms with E-state index >= 15 is 0 Å². The molecule has 1 saturated carbocycles. The van der Waals surface area contributed by atoms with Gasteiger partial charge in [-0.3, -0.25) is 0 Å². The summed E-state index contributed by atoms with van der Waals surface area (Å²) in [4.78, 5) is 0. The molecule has 0 aromatic carbocycles. The van der Waals surface area contributed by atoms with Crippen molar-refractivity contribution in [2.24, 2.45) is 5.92 Å². The van der Waals surface area contributed by atoms with Gasteiger partial charge in [0.25, 0.3) is 0 Å². The summed E-state index contributed by atoms with van der Waals surface area (Å²) in [5.41, 5.74) is 0. The molecule has 2 aliphatic rings. The molecule has 17 heavy (non-hydrogen) atoms. The normalized spacial score (nSPS) is 37.2. The zero-order valence-corrected chi connectivity index (χ0v) is 10.8. The van der Waals surface area contributed by atoms with Crippen LogP contribution in [0.4, 0.5) is 0 Å². The second-order valence-corrected chi connectivity index (χ2v) is 5.07. The molecule has 0 aromatic rings. The Morgan fingerprint density at radius 3 is 2.47 bits per heavy atom. The standard InChI is InChI=1S/C14H24O3/c1-3-14-11(10-17-14)9-16-13-7-5-12(6-8-13)15-4-2/h4,11-14H,2-3,5-10H2,1H3. The van der Waals surface area contributed by atoms with E-state index in [1.54, 1.807) is 6.26 Å². The van der Waals surface area contributed by atoms with Gasteiger partial charge in [-0.1, -0.05) is 13.5 Å². The molecule has 1 saturated heterocycles. The molecule has 0 radical (unpaired) electrons. The van der Waals surface area contributed by atoms with Crippen LogP contribution < -0.4 is 0 Å². The van der Waals surface area contributed by atoms with Crippen LogP contribution in [0.2, 0.25) is 0 Å². The lowest BCUT2D eigenvalue weighted by Crippen LogP contribution is -2.43. The van der Waals surface area contributed by atoms with Crippen molar-refractivity contribution in [3.63, 3.8) is 0 Å². The maximum Gasteiger partial charge on any atom is 0.0980 e. The van der Waals surface area contributed by atoms with Gasteiger partial charge in [-0.25, -0.2) is 0 Å². The Balaban J connectivity index is 1.60. The lowest BCUT2D eigenvalue weighted by molar-refractivity contribution is -0.152. The number of ether oxygens (including phenoxy) is 3. The maximum absolute atomic E-state index is 5.98. The van der Waals surface area contributed by atoms with Crippen molar-refractivity contribution in [3.05, 3.63) is 12.8 Å². The van der Waals surface area contributed by atoms with Crippen molar-refractivity contribution in [1.29, 1.82) is 0 Å². The zero-order valence-electron chi connectivity index (χ0n) is 10.8. The molecule has 1 aliphatic carbocycles. The lowest BCUT2D eigenvalue weighted by atomic mass is 9.94. The van der Waals surface area contributed by atoms with Crippen molar-refractivity contribution >= 4 is 0 Å². The molecule has 2 fully saturated rings. The third-order valence-electron chi connectivity index (χ3n) is 3.91. The van der Waals surface area contributed by atoms with E-state index in [1.165, 1.54) is 0 Å². The second-order valence-electron chi connectivity index (χ2n) is 5.07. The minimum atomic E-state index is 0.364. The van der Waals surface area contributed by atoms with Gasteiger partial charge in [-0.2, -0.15) is 0 Å². The van der Waals surface area contributed by atoms with Crippen LogP contribution in [0.15, 0.2) is 12.8 Å². The van der Waals surface area contributed by atoms with Gasteiger partial charge >= 0.3 is 0 Å². The van der Waals surface area contributed by atoms with Gasteiger partial charge in [-0.05, 0) is 32.1 Å². The third-order valence-corrected chi connectivity index (χ3v) is 3.91. The minimum Gasteiger partial charge on any atom is -0.499 e. The van der Waals surface area contributed by atoms with E-state index in [0.29, 0.717) is 24.2 Å². The monoisotopic (exact) mass is 240 g/mol. The quantitative estimate of drug-likeness (QED) is 0.668. The Kier molecular flexibility index (Phi) is 4.86. The first-order valence-corrected chi connectivity index (χ1v) is 6.83. The van der Waals surface area contributed by atoms with E-state index in [1.807, 2.05) is 0 Å². The fourth-order valence-electron chi connectivity index (χ4n) is 2.71. The van der Waals surface area contributed by atoms with Gasteiger partial charge in [0.1, 0.15) is 0 Å². The van der Waals surface area contributed by atoms with Crippen LogP contribution in [0.25, 0.3) is 0 Å². The highest BCUT2D eigenvalue weighted by atomic mass is 16.5. The van der Waals surface area contributed by atoms with E-state index in [-0.39, 0.29) is 0 Å². The van der Waals surface area contributed by atoms with Crippen LogP contribution in [0.1, 0.15) is 39.0 Å². The topological polar surface area (TPSA) is 27.7 Å². The molecular weight excluding hydrogens is 216 g/mol. The van der Waals surface area contributed by atoms with Gasteiger partial charge in [0.05, 0.1) is 37.8 Å². The average molecular weight is 240 g/mol. The summed E-state index contributed by atoms with van der Waals surface area (Å²) in [6, 6.07) is 0. The molecule has 3 nitrogen and oxygen atoms in total. The van der Waals surface area contributed by atoms with E-state index in [0.717, 1.165) is 45.3 Å². The molecule has 2 rings (SSSR count). The minimum absolute atomic E-state index is 0.364. The highest BCUT2D eigenvalue weighted by molar-refractivity contribution is 4.79. The molecule has 0 N–H and O–H groups in total. The van der Waals surface area contributed by atoms with Crippen LogP contribution in [0.5, 0.6) is 0 Å². The molecule has 2 unspecified atom stereocenters. The summed E-state index contributed by atoms with van der Waals surface area (Å²) in [5, 5.41) is 0. The van der Waals surface area contributed by atoms with Crippen LogP contribution in [0.3, 0.4) is 0 Å². The van der Waals surface area contributed by atoms with Gasteiger partial charge < -0.3 is 14.2 Å². The van der Waals surface area contributed by atoms with Crippen molar-refractivity contribution < 1.29 is 14.2 Å². The summed E-state index contributed by atoms with van der Waals surface area (Å²) in [5.74, 6) is 0.627. The van der Waals surface area contributed by atoms with E-state index in [9.17, 15) is 0 Å². The summed E-state index contributed by atoms with van der Waals surface area (Å²) in [6.45, 7) is 7.53. The Hall–Kier alpha value is -0.540. The second kappa shape index (κ2) is 6.41. The molecule has 1 aliphatic heterocycles. The molecular formula is C14H24O3. The zero-order chi connectivity index (χ0) is 12.1.